The molecule has 0 aliphatic rings. The smallest absolute Gasteiger partial charge is 0.139 e. The van der Waals surface area contributed by atoms with E-state index in [-0.39, 0.29) is 0 Å². The number of nitrogens with two attached hydrogens (primary N) is 1. The molecule has 102 valence electrons. The number of hydrogen-bond acceptors (Lipinski definition) is 3. The van der Waals surface area contributed by atoms with Crippen LogP contribution in [0.1, 0.15) is 11.1 Å². The van der Waals surface area contributed by atoms with Crippen LogP contribution in [-0.2, 0) is 11.3 Å². The molecule has 0 aliphatic carbocycles. The average Bonchev–Trinajstić information content (AvgIpc) is 2.77. The van der Waals surface area contributed by atoms with Gasteiger partial charge in [0.25, 0.3) is 0 Å². The summed E-state index contributed by atoms with van der Waals surface area (Å²) in [6.07, 6.45) is 2.00. The highest BCUT2D eigenvalue weighted by atomic mass is 16.5. The summed E-state index contributed by atoms with van der Waals surface area (Å²) in [5.74, 6) is 0.665. The van der Waals surface area contributed by atoms with E-state index in [9.17, 15) is 0 Å². The van der Waals surface area contributed by atoms with Gasteiger partial charge >= 0.3 is 0 Å². The lowest BCUT2D eigenvalue weighted by Gasteiger charge is -2.03. The summed E-state index contributed by atoms with van der Waals surface area (Å²) in [6.45, 7) is 2.62. The van der Waals surface area contributed by atoms with E-state index in [0.29, 0.717) is 12.4 Å². The summed E-state index contributed by atoms with van der Waals surface area (Å²) in [5.41, 5.74) is 11.2. The Bertz CT molecular complexity index is 762. The van der Waals surface area contributed by atoms with Crippen LogP contribution in [0.5, 0.6) is 0 Å². The van der Waals surface area contributed by atoms with Crippen molar-refractivity contribution in [3.63, 3.8) is 0 Å². The first-order chi connectivity index (χ1) is 9.69. The fourth-order valence-electron chi connectivity index (χ4n) is 2.36. The first kappa shape index (κ1) is 12.7. The van der Waals surface area contributed by atoms with Crippen LogP contribution in [0, 0.1) is 6.92 Å². The minimum atomic E-state index is 0.584. The lowest BCUT2D eigenvalue weighted by molar-refractivity contribution is 0.185. The highest BCUT2D eigenvalue weighted by molar-refractivity contribution is 5.75. The van der Waals surface area contributed by atoms with Crippen molar-refractivity contribution in [1.82, 2.24) is 9.38 Å². The summed E-state index contributed by atoms with van der Waals surface area (Å²) < 4.78 is 7.09. The standard InChI is InChI=1S/C16H17N3O/c1-11-6-7-14-18-15(16(17)19(14)9-11)13-5-3-4-12(8-13)10-20-2/h3-9H,10,17H2,1-2H3. The number of imidazole rings is 1. The second-order valence-electron chi connectivity index (χ2n) is 4.91. The van der Waals surface area contributed by atoms with Crippen molar-refractivity contribution >= 4 is 11.5 Å². The molecule has 0 saturated carbocycles. The molecule has 3 rings (SSSR count). The van der Waals surface area contributed by atoms with Gasteiger partial charge in [-0.05, 0) is 30.2 Å². The van der Waals surface area contributed by atoms with Crippen LogP contribution in [0.15, 0.2) is 42.6 Å². The van der Waals surface area contributed by atoms with Gasteiger partial charge in [0.05, 0.1) is 6.61 Å². The number of hydrogen-bond donors (Lipinski definition) is 1. The third kappa shape index (κ3) is 2.14. The molecule has 0 aliphatic heterocycles. The van der Waals surface area contributed by atoms with Gasteiger partial charge in [0.1, 0.15) is 17.2 Å². The number of methoxy groups -OCH3 is 1. The van der Waals surface area contributed by atoms with Crippen molar-refractivity contribution < 1.29 is 4.74 Å². The molecule has 2 heterocycles. The maximum absolute atomic E-state index is 6.23. The lowest BCUT2D eigenvalue weighted by atomic mass is 10.1. The number of benzene rings is 1. The molecule has 1 aromatic carbocycles. The zero-order valence-electron chi connectivity index (χ0n) is 11.6. The molecule has 0 spiro atoms. The predicted molar refractivity (Wildman–Crippen MR) is 80.5 cm³/mol. The van der Waals surface area contributed by atoms with Crippen molar-refractivity contribution in [1.29, 1.82) is 0 Å². The Balaban J connectivity index is 2.14. The van der Waals surface area contributed by atoms with Crippen molar-refractivity contribution in [3.8, 4) is 11.3 Å². The normalized spacial score (nSPS) is 11.1. The van der Waals surface area contributed by atoms with Crippen LogP contribution in [0.3, 0.4) is 0 Å². The van der Waals surface area contributed by atoms with Crippen LogP contribution < -0.4 is 5.73 Å². The number of aryl methyl sites for hydroxylation is 1. The van der Waals surface area contributed by atoms with Gasteiger partial charge in [-0.1, -0.05) is 24.3 Å². The quantitative estimate of drug-likeness (QED) is 0.793. The fourth-order valence-corrected chi connectivity index (χ4v) is 2.36. The molecule has 0 saturated heterocycles. The van der Waals surface area contributed by atoms with Gasteiger partial charge in [-0.2, -0.15) is 0 Å². The van der Waals surface area contributed by atoms with E-state index in [1.807, 2.05) is 47.9 Å². The van der Waals surface area contributed by atoms with E-state index in [0.717, 1.165) is 28.0 Å². The summed E-state index contributed by atoms with van der Waals surface area (Å²) in [7, 11) is 1.69. The van der Waals surface area contributed by atoms with E-state index >= 15 is 0 Å². The number of ether oxygens (including phenoxy) is 1. The van der Waals surface area contributed by atoms with Crippen molar-refractivity contribution in [2.24, 2.45) is 0 Å². The summed E-state index contributed by atoms with van der Waals surface area (Å²) in [6, 6.07) is 12.1. The van der Waals surface area contributed by atoms with E-state index in [4.69, 9.17) is 10.5 Å². The molecule has 20 heavy (non-hydrogen) atoms. The SMILES string of the molecule is COCc1cccc(-c2nc3ccc(C)cn3c2N)c1. The van der Waals surface area contributed by atoms with E-state index in [1.54, 1.807) is 7.11 Å². The maximum Gasteiger partial charge on any atom is 0.139 e. The van der Waals surface area contributed by atoms with Crippen LogP contribution in [-0.4, -0.2) is 16.5 Å². The van der Waals surface area contributed by atoms with Crippen LogP contribution in [0.4, 0.5) is 5.82 Å². The molecule has 4 heteroatoms. The molecule has 2 aromatic heterocycles. The molecule has 3 aromatic rings. The molecule has 0 bridgehead atoms. The largest absolute Gasteiger partial charge is 0.383 e. The Labute approximate surface area is 117 Å². The van der Waals surface area contributed by atoms with Crippen LogP contribution >= 0.6 is 0 Å². The zero-order chi connectivity index (χ0) is 14.1. The Morgan fingerprint density at radius 1 is 1.25 bits per heavy atom. The maximum atomic E-state index is 6.23. The highest BCUT2D eigenvalue weighted by Gasteiger charge is 2.11. The molecule has 0 fully saturated rings. The molecule has 0 unspecified atom stereocenters. The average molecular weight is 267 g/mol. The third-order valence-corrected chi connectivity index (χ3v) is 3.31. The Morgan fingerprint density at radius 2 is 2.10 bits per heavy atom. The topological polar surface area (TPSA) is 52.5 Å². The number of fused-ring (bicyclic) bond motifs is 1. The van der Waals surface area contributed by atoms with Gasteiger partial charge in [-0.25, -0.2) is 4.98 Å². The summed E-state index contributed by atoms with van der Waals surface area (Å²) in [4.78, 5) is 4.62. The lowest BCUT2D eigenvalue weighted by Crippen LogP contribution is -1.95. The molecule has 0 amide bonds. The minimum Gasteiger partial charge on any atom is -0.383 e. The van der Waals surface area contributed by atoms with Crippen molar-refractivity contribution in [2.45, 2.75) is 13.5 Å². The molecular formula is C16H17N3O. The Kier molecular flexibility index (Phi) is 3.16. The van der Waals surface area contributed by atoms with E-state index in [2.05, 4.69) is 11.1 Å². The number of rotatable bonds is 3. The monoisotopic (exact) mass is 267 g/mol. The van der Waals surface area contributed by atoms with Gasteiger partial charge in [0, 0.05) is 18.9 Å². The Hall–Kier alpha value is -2.33. The molecule has 0 radical (unpaired) electrons. The van der Waals surface area contributed by atoms with Gasteiger partial charge in [-0.15, -0.1) is 0 Å². The number of nitrogens with zero attached hydrogens (tertiary/aromatic N) is 2. The molecular weight excluding hydrogens is 250 g/mol. The number of anilines is 1. The zero-order valence-corrected chi connectivity index (χ0v) is 11.6. The Morgan fingerprint density at radius 3 is 2.90 bits per heavy atom. The van der Waals surface area contributed by atoms with E-state index in [1.165, 1.54) is 0 Å². The van der Waals surface area contributed by atoms with Gasteiger partial charge in [0.15, 0.2) is 0 Å². The number of aromatic nitrogens is 2. The molecule has 0 atom stereocenters. The highest BCUT2D eigenvalue weighted by Crippen LogP contribution is 2.27. The van der Waals surface area contributed by atoms with E-state index < -0.39 is 0 Å². The van der Waals surface area contributed by atoms with Gasteiger partial charge in [-0.3, -0.25) is 4.40 Å². The molecule has 2 N–H and O–H groups in total. The van der Waals surface area contributed by atoms with Gasteiger partial charge < -0.3 is 10.5 Å². The van der Waals surface area contributed by atoms with Crippen LogP contribution in [0.2, 0.25) is 0 Å². The molecule has 4 nitrogen and oxygen atoms in total. The summed E-state index contributed by atoms with van der Waals surface area (Å²) in [5, 5.41) is 0. The second kappa shape index (κ2) is 4.98. The van der Waals surface area contributed by atoms with Gasteiger partial charge in [0.2, 0.25) is 0 Å². The predicted octanol–water partition coefficient (Wildman–Crippen LogP) is 3.04. The van der Waals surface area contributed by atoms with Crippen molar-refractivity contribution in [2.75, 3.05) is 12.8 Å². The van der Waals surface area contributed by atoms with Crippen molar-refractivity contribution in [3.05, 3.63) is 53.7 Å². The number of nitrogen functional groups attached to an aromatic ring is 1. The van der Waals surface area contributed by atoms with Crippen LogP contribution in [0.25, 0.3) is 16.9 Å². The fraction of sp³-hybridized carbons (Fsp3) is 0.188. The first-order valence-corrected chi connectivity index (χ1v) is 6.51. The second-order valence-corrected chi connectivity index (χ2v) is 4.91. The third-order valence-electron chi connectivity index (χ3n) is 3.31. The minimum absolute atomic E-state index is 0.584. The number of pyridine rings is 1. The summed E-state index contributed by atoms with van der Waals surface area (Å²) >= 11 is 0. The first-order valence-electron chi connectivity index (χ1n) is 6.51.